The summed E-state index contributed by atoms with van der Waals surface area (Å²) in [5, 5.41) is 3.01. The molecule has 7 heteroatoms. The molecule has 152 valence electrons. The van der Waals surface area contributed by atoms with Gasteiger partial charge in [-0.1, -0.05) is 60.1 Å². The largest absolute Gasteiger partial charge is 0.348 e. The molecule has 0 aliphatic rings. The Bertz CT molecular complexity index is 915. The summed E-state index contributed by atoms with van der Waals surface area (Å²) in [7, 11) is -3.61. The van der Waals surface area contributed by atoms with Gasteiger partial charge in [-0.2, -0.15) is 0 Å². The number of amides is 1. The van der Waals surface area contributed by atoms with Crippen LogP contribution in [0, 0.1) is 12.8 Å². The smallest absolute Gasteiger partial charge is 0.241 e. The van der Waals surface area contributed by atoms with Gasteiger partial charge in [0, 0.05) is 4.47 Å². The van der Waals surface area contributed by atoms with E-state index in [1.165, 1.54) is 0 Å². The van der Waals surface area contributed by atoms with Crippen LogP contribution >= 0.6 is 15.9 Å². The van der Waals surface area contributed by atoms with Gasteiger partial charge in [0.1, 0.15) is 6.54 Å². The topological polar surface area (TPSA) is 66.5 Å². The Kier molecular flexibility index (Phi) is 7.66. The molecule has 0 unspecified atom stereocenters. The van der Waals surface area contributed by atoms with Crippen LogP contribution in [0.1, 0.15) is 37.4 Å². The second-order valence-electron chi connectivity index (χ2n) is 7.36. The predicted octanol–water partition coefficient (Wildman–Crippen LogP) is 4.43. The van der Waals surface area contributed by atoms with E-state index in [2.05, 4.69) is 35.1 Å². The quantitative estimate of drug-likeness (QED) is 0.625. The van der Waals surface area contributed by atoms with E-state index in [1.807, 2.05) is 37.3 Å². The number of sulfonamides is 1. The van der Waals surface area contributed by atoms with Gasteiger partial charge in [-0.25, -0.2) is 8.42 Å². The molecule has 0 aliphatic heterocycles. The molecule has 0 saturated carbocycles. The fourth-order valence-electron chi connectivity index (χ4n) is 2.99. The lowest BCUT2D eigenvalue weighted by atomic mass is 9.97. The lowest BCUT2D eigenvalue weighted by Gasteiger charge is -2.25. The second kappa shape index (κ2) is 9.56. The van der Waals surface area contributed by atoms with E-state index >= 15 is 0 Å². The van der Waals surface area contributed by atoms with E-state index in [-0.39, 0.29) is 18.5 Å². The second-order valence-corrected chi connectivity index (χ2v) is 10.1. The summed E-state index contributed by atoms with van der Waals surface area (Å²) in [5.41, 5.74) is 2.38. The van der Waals surface area contributed by atoms with Gasteiger partial charge in [0.15, 0.2) is 0 Å². The first kappa shape index (κ1) is 22.4. The van der Waals surface area contributed by atoms with Crippen LogP contribution in [0.2, 0.25) is 0 Å². The third-order valence-electron chi connectivity index (χ3n) is 4.36. The molecule has 0 radical (unpaired) electrons. The van der Waals surface area contributed by atoms with Crippen molar-refractivity contribution in [3.8, 4) is 0 Å². The number of nitrogens with zero attached hydrogens (tertiary/aromatic N) is 1. The molecule has 0 saturated heterocycles. The normalized spacial score (nSPS) is 12.6. The Labute approximate surface area is 176 Å². The molecule has 2 aromatic rings. The highest BCUT2D eigenvalue weighted by Gasteiger charge is 2.23. The zero-order valence-electron chi connectivity index (χ0n) is 16.6. The van der Waals surface area contributed by atoms with Crippen LogP contribution < -0.4 is 9.62 Å². The third-order valence-corrected chi connectivity index (χ3v) is 6.39. The van der Waals surface area contributed by atoms with Crippen LogP contribution in [0.5, 0.6) is 0 Å². The average molecular weight is 467 g/mol. The van der Waals surface area contributed by atoms with E-state index < -0.39 is 10.0 Å². The SMILES string of the molecule is Cc1cc(N(CC(=O)N[C@H](CC(C)C)c2ccccc2)S(C)(=O)=O)ccc1Br. The average Bonchev–Trinajstić information content (AvgIpc) is 2.61. The Morgan fingerprint density at radius 3 is 2.32 bits per heavy atom. The lowest BCUT2D eigenvalue weighted by Crippen LogP contribution is -2.41. The van der Waals surface area contributed by atoms with E-state index in [4.69, 9.17) is 0 Å². The summed E-state index contributed by atoms with van der Waals surface area (Å²) >= 11 is 3.41. The van der Waals surface area contributed by atoms with E-state index in [1.54, 1.807) is 18.2 Å². The minimum Gasteiger partial charge on any atom is -0.348 e. The Morgan fingerprint density at radius 1 is 1.14 bits per heavy atom. The Hall–Kier alpha value is -1.86. The molecule has 0 aliphatic carbocycles. The number of carbonyl (C=O) groups excluding carboxylic acids is 1. The molecule has 0 aromatic heterocycles. The van der Waals surface area contributed by atoms with Crippen molar-refractivity contribution in [1.29, 1.82) is 0 Å². The fraction of sp³-hybridized carbons (Fsp3) is 0.381. The summed E-state index contributed by atoms with van der Waals surface area (Å²) in [4.78, 5) is 12.8. The summed E-state index contributed by atoms with van der Waals surface area (Å²) in [6, 6.07) is 14.8. The van der Waals surface area contributed by atoms with Crippen LogP contribution in [-0.2, 0) is 14.8 Å². The van der Waals surface area contributed by atoms with Crippen LogP contribution in [0.4, 0.5) is 5.69 Å². The number of nitrogens with one attached hydrogen (secondary N) is 1. The van der Waals surface area contributed by atoms with Crippen molar-refractivity contribution >= 4 is 37.5 Å². The van der Waals surface area contributed by atoms with Gasteiger partial charge in [-0.15, -0.1) is 0 Å². The Balaban J connectivity index is 2.23. The first-order valence-corrected chi connectivity index (χ1v) is 11.8. The van der Waals surface area contributed by atoms with Crippen molar-refractivity contribution in [1.82, 2.24) is 5.32 Å². The van der Waals surface area contributed by atoms with Gasteiger partial charge in [0.2, 0.25) is 15.9 Å². The molecule has 2 rings (SSSR count). The third kappa shape index (κ3) is 6.34. The fourth-order valence-corrected chi connectivity index (χ4v) is 4.08. The monoisotopic (exact) mass is 466 g/mol. The van der Waals surface area contributed by atoms with Crippen molar-refractivity contribution in [2.24, 2.45) is 5.92 Å². The molecule has 0 heterocycles. The van der Waals surface area contributed by atoms with Crippen LogP contribution in [0.15, 0.2) is 53.0 Å². The first-order valence-electron chi connectivity index (χ1n) is 9.16. The van der Waals surface area contributed by atoms with Crippen LogP contribution in [0.3, 0.4) is 0 Å². The van der Waals surface area contributed by atoms with E-state index in [9.17, 15) is 13.2 Å². The predicted molar refractivity (Wildman–Crippen MR) is 118 cm³/mol. The Morgan fingerprint density at radius 2 is 1.79 bits per heavy atom. The number of aryl methyl sites for hydroxylation is 1. The number of rotatable bonds is 8. The highest BCUT2D eigenvalue weighted by molar-refractivity contribution is 9.10. The van der Waals surface area contributed by atoms with Gasteiger partial charge in [0.25, 0.3) is 0 Å². The lowest BCUT2D eigenvalue weighted by molar-refractivity contribution is -0.120. The summed E-state index contributed by atoms with van der Waals surface area (Å²) in [5.74, 6) is 0.0474. The van der Waals surface area contributed by atoms with Crippen molar-refractivity contribution in [3.63, 3.8) is 0 Å². The number of hydrogen-bond donors (Lipinski definition) is 1. The number of benzene rings is 2. The molecule has 5 nitrogen and oxygen atoms in total. The van der Waals surface area contributed by atoms with Crippen molar-refractivity contribution < 1.29 is 13.2 Å². The minimum absolute atomic E-state index is 0.165. The molecule has 2 aromatic carbocycles. The number of hydrogen-bond acceptors (Lipinski definition) is 3. The van der Waals surface area contributed by atoms with Crippen LogP contribution in [-0.4, -0.2) is 27.1 Å². The van der Waals surface area contributed by atoms with E-state index in [0.717, 1.165) is 32.6 Å². The van der Waals surface area contributed by atoms with Gasteiger partial charge < -0.3 is 5.32 Å². The summed E-state index contributed by atoms with van der Waals surface area (Å²) in [6.45, 7) is 5.80. The summed E-state index contributed by atoms with van der Waals surface area (Å²) in [6.07, 6.45) is 1.88. The van der Waals surface area contributed by atoms with Gasteiger partial charge in [-0.3, -0.25) is 9.10 Å². The molecule has 28 heavy (non-hydrogen) atoms. The number of carbonyl (C=O) groups is 1. The number of anilines is 1. The van der Waals surface area contributed by atoms with Gasteiger partial charge in [0.05, 0.1) is 18.0 Å². The number of halogens is 1. The zero-order chi connectivity index (χ0) is 20.9. The molecule has 0 bridgehead atoms. The van der Waals surface area contributed by atoms with Crippen molar-refractivity contribution in [3.05, 3.63) is 64.1 Å². The molecule has 1 N–H and O–H groups in total. The van der Waals surface area contributed by atoms with Gasteiger partial charge in [-0.05, 0) is 48.6 Å². The van der Waals surface area contributed by atoms with E-state index in [0.29, 0.717) is 11.6 Å². The molecular formula is C21H27BrN2O3S. The van der Waals surface area contributed by atoms with Crippen LogP contribution in [0.25, 0.3) is 0 Å². The first-order chi connectivity index (χ1) is 13.1. The molecule has 1 atom stereocenters. The van der Waals surface area contributed by atoms with Gasteiger partial charge >= 0.3 is 0 Å². The summed E-state index contributed by atoms with van der Waals surface area (Å²) < 4.78 is 26.7. The minimum atomic E-state index is -3.61. The molecule has 0 spiro atoms. The zero-order valence-corrected chi connectivity index (χ0v) is 19.0. The standard InChI is InChI=1S/C21H27BrN2O3S/c1-15(2)12-20(17-8-6-5-7-9-17)23-21(25)14-24(28(4,26)27)18-10-11-19(22)16(3)13-18/h5-11,13,15,20H,12,14H2,1-4H3,(H,23,25)/t20-/m1/s1. The molecule has 0 fully saturated rings. The highest BCUT2D eigenvalue weighted by atomic mass is 79.9. The van der Waals surface area contributed by atoms with Crippen molar-refractivity contribution in [2.75, 3.05) is 17.1 Å². The maximum absolute atomic E-state index is 12.8. The maximum Gasteiger partial charge on any atom is 0.241 e. The highest BCUT2D eigenvalue weighted by Crippen LogP contribution is 2.25. The molecule has 1 amide bonds. The maximum atomic E-state index is 12.8. The molecular weight excluding hydrogens is 440 g/mol. The van der Waals surface area contributed by atoms with Crippen molar-refractivity contribution in [2.45, 2.75) is 33.2 Å².